The van der Waals surface area contributed by atoms with Crippen LogP contribution >= 0.6 is 0 Å². The minimum Gasteiger partial charge on any atom is -1.00 e. The fourth-order valence-corrected chi connectivity index (χ4v) is 1.08. The molecule has 0 unspecified atom stereocenters. The fraction of sp³-hybridized carbons (Fsp3) is 0.875. The van der Waals surface area contributed by atoms with Crippen LogP contribution in [0.4, 0.5) is 0 Å². The largest absolute Gasteiger partial charge is 1.00 e. The molecule has 0 aliphatic heterocycles. The van der Waals surface area contributed by atoms with E-state index in [9.17, 15) is 4.79 Å². The number of nitrogens with one attached hydrogen (secondary N) is 1. The van der Waals surface area contributed by atoms with Crippen molar-refractivity contribution in [1.82, 2.24) is 17.6 Å². The Hall–Kier alpha value is -0.0100. The fourth-order valence-electron chi connectivity index (χ4n) is 1.08. The van der Waals surface area contributed by atoms with E-state index in [1.54, 1.807) is 6.92 Å². The van der Waals surface area contributed by atoms with E-state index in [1.165, 1.54) is 0 Å². The summed E-state index contributed by atoms with van der Waals surface area (Å²) in [6.45, 7) is 2.60. The lowest BCUT2D eigenvalue weighted by molar-refractivity contribution is -0.368. The number of Topliss-reactive ketones (excluding diaryl/α,β-unsaturated/α-hetero) is 1. The van der Waals surface area contributed by atoms with Crippen molar-refractivity contribution in [3.05, 3.63) is 0 Å². The zero-order valence-electron chi connectivity index (χ0n) is 9.31. The SMILES string of the molecule is CN[C@@H](CCCC[NH3+])C(C)=O.N.N.[Br-]. The highest BCUT2D eigenvalue weighted by Crippen LogP contribution is 1.99. The first-order chi connectivity index (χ1) is 5.22. The predicted octanol–water partition coefficient (Wildman–Crippen LogP) is -3.10. The number of ketones is 1. The van der Waals surface area contributed by atoms with Gasteiger partial charge >= 0.3 is 0 Å². The lowest BCUT2D eigenvalue weighted by Crippen LogP contribution is -3.00. The van der Waals surface area contributed by atoms with Crippen molar-refractivity contribution in [1.29, 1.82) is 0 Å². The Morgan fingerprint density at radius 1 is 1.36 bits per heavy atom. The number of hydrogen-bond acceptors (Lipinski definition) is 4. The van der Waals surface area contributed by atoms with Gasteiger partial charge in [0.15, 0.2) is 0 Å². The quantitative estimate of drug-likeness (QED) is 0.382. The second-order valence-electron chi connectivity index (χ2n) is 2.80. The highest BCUT2D eigenvalue weighted by atomic mass is 79.9. The molecule has 0 radical (unpaired) electrons. The van der Waals surface area contributed by atoms with Gasteiger partial charge in [0.1, 0.15) is 5.78 Å². The molecule has 0 fully saturated rings. The van der Waals surface area contributed by atoms with Crippen molar-refractivity contribution in [2.24, 2.45) is 0 Å². The Balaban J connectivity index is -0.000000167. The second-order valence-corrected chi connectivity index (χ2v) is 2.80. The van der Waals surface area contributed by atoms with Crippen molar-refractivity contribution in [3.63, 3.8) is 0 Å². The summed E-state index contributed by atoms with van der Waals surface area (Å²) >= 11 is 0. The van der Waals surface area contributed by atoms with E-state index in [4.69, 9.17) is 0 Å². The van der Waals surface area contributed by atoms with Gasteiger partial charge in [0.2, 0.25) is 0 Å². The molecular weight excluding hydrogens is 248 g/mol. The summed E-state index contributed by atoms with van der Waals surface area (Å²) in [5.41, 5.74) is 3.75. The molecular formula is C8H25BrN4O. The number of halogens is 1. The van der Waals surface area contributed by atoms with Gasteiger partial charge in [-0.05, 0) is 33.2 Å². The van der Waals surface area contributed by atoms with Crippen LogP contribution in [0.3, 0.4) is 0 Å². The molecule has 0 rings (SSSR count). The standard InChI is InChI=1S/C8H18N2O.BrH.2H3N/c1-7(11)8(10-2)5-3-4-6-9;;;/h8,10H,3-6,9H2,1-2H3;1H;2*1H3/t8-;;;/m0.../s1. The number of unbranched alkanes of at least 4 members (excludes halogenated alkanes) is 1. The van der Waals surface area contributed by atoms with Gasteiger partial charge in [-0.15, -0.1) is 0 Å². The van der Waals surface area contributed by atoms with Crippen LogP contribution in [0.2, 0.25) is 0 Å². The molecule has 0 aliphatic rings. The summed E-state index contributed by atoms with van der Waals surface area (Å²) in [5.74, 6) is 0.233. The van der Waals surface area contributed by atoms with E-state index < -0.39 is 0 Å². The van der Waals surface area contributed by atoms with Crippen LogP contribution in [0.25, 0.3) is 0 Å². The molecule has 5 nitrogen and oxygen atoms in total. The highest BCUT2D eigenvalue weighted by molar-refractivity contribution is 5.81. The first-order valence-corrected chi connectivity index (χ1v) is 4.19. The first-order valence-electron chi connectivity index (χ1n) is 4.19. The lowest BCUT2D eigenvalue weighted by atomic mass is 10.1. The minimum absolute atomic E-state index is 0. The summed E-state index contributed by atoms with van der Waals surface area (Å²) in [6.07, 6.45) is 3.15. The summed E-state index contributed by atoms with van der Waals surface area (Å²) in [5, 5.41) is 2.99. The third-order valence-corrected chi connectivity index (χ3v) is 1.83. The summed E-state index contributed by atoms with van der Waals surface area (Å²) in [7, 11) is 1.83. The van der Waals surface area contributed by atoms with Crippen molar-refractivity contribution >= 4 is 5.78 Å². The van der Waals surface area contributed by atoms with Crippen LogP contribution in [-0.2, 0) is 4.79 Å². The van der Waals surface area contributed by atoms with E-state index >= 15 is 0 Å². The normalized spacial score (nSPS) is 10.2. The predicted molar refractivity (Wildman–Crippen MR) is 55.2 cm³/mol. The van der Waals surface area contributed by atoms with Gasteiger partial charge in [-0.2, -0.15) is 0 Å². The van der Waals surface area contributed by atoms with E-state index in [0.29, 0.717) is 0 Å². The third-order valence-electron chi connectivity index (χ3n) is 1.83. The molecule has 14 heavy (non-hydrogen) atoms. The van der Waals surface area contributed by atoms with Crippen molar-refractivity contribution < 1.29 is 27.5 Å². The van der Waals surface area contributed by atoms with Crippen LogP contribution in [0, 0.1) is 0 Å². The molecule has 90 valence electrons. The van der Waals surface area contributed by atoms with Crippen molar-refractivity contribution in [2.45, 2.75) is 32.2 Å². The van der Waals surface area contributed by atoms with Crippen molar-refractivity contribution in [3.8, 4) is 0 Å². The molecule has 0 bridgehead atoms. The van der Waals surface area contributed by atoms with Crippen LogP contribution in [0.1, 0.15) is 26.2 Å². The molecule has 0 heterocycles. The van der Waals surface area contributed by atoms with Gasteiger partial charge in [-0.1, -0.05) is 0 Å². The van der Waals surface area contributed by atoms with Gasteiger partial charge in [0.25, 0.3) is 0 Å². The molecule has 10 N–H and O–H groups in total. The van der Waals surface area contributed by atoms with Gasteiger partial charge in [-0.3, -0.25) is 4.79 Å². The topological polar surface area (TPSA) is 127 Å². The Labute approximate surface area is 97.1 Å². The molecule has 6 heteroatoms. The van der Waals surface area contributed by atoms with Gasteiger partial charge in [0.05, 0.1) is 12.6 Å². The Morgan fingerprint density at radius 2 is 1.86 bits per heavy atom. The van der Waals surface area contributed by atoms with Gasteiger partial charge in [-0.25, -0.2) is 0 Å². The maximum Gasteiger partial charge on any atom is 0.146 e. The lowest BCUT2D eigenvalue weighted by Gasteiger charge is -2.10. The van der Waals surface area contributed by atoms with E-state index in [1.807, 2.05) is 7.05 Å². The average molecular weight is 273 g/mol. The zero-order valence-corrected chi connectivity index (χ0v) is 10.9. The number of carbonyl (C=O) groups is 1. The molecule has 0 saturated heterocycles. The molecule has 0 aliphatic carbocycles. The minimum atomic E-state index is 0. The Morgan fingerprint density at radius 3 is 2.14 bits per heavy atom. The Bertz CT molecular complexity index is 124. The van der Waals surface area contributed by atoms with Crippen LogP contribution < -0.4 is 40.3 Å². The molecule has 0 spiro atoms. The maximum absolute atomic E-state index is 10.9. The molecule has 0 amide bonds. The van der Waals surface area contributed by atoms with E-state index in [-0.39, 0.29) is 41.1 Å². The maximum atomic E-state index is 10.9. The number of likely N-dealkylation sites (N-methyl/N-ethyl adjacent to an activating group) is 1. The van der Waals surface area contributed by atoms with Crippen molar-refractivity contribution in [2.75, 3.05) is 13.6 Å². The molecule has 0 aromatic carbocycles. The van der Waals surface area contributed by atoms with E-state index in [2.05, 4.69) is 11.1 Å². The second kappa shape index (κ2) is 15.5. The molecule has 0 aromatic rings. The van der Waals surface area contributed by atoms with Crippen LogP contribution in [0.5, 0.6) is 0 Å². The van der Waals surface area contributed by atoms with Crippen LogP contribution in [0.15, 0.2) is 0 Å². The first kappa shape index (κ1) is 23.7. The zero-order chi connectivity index (χ0) is 8.69. The monoisotopic (exact) mass is 272 g/mol. The average Bonchev–Trinajstić information content (AvgIpc) is 1.97. The van der Waals surface area contributed by atoms with Crippen LogP contribution in [-0.4, -0.2) is 25.4 Å². The van der Waals surface area contributed by atoms with Gasteiger partial charge in [0, 0.05) is 0 Å². The number of quaternary nitrogens is 1. The van der Waals surface area contributed by atoms with E-state index in [0.717, 1.165) is 25.8 Å². The number of hydrogen-bond donors (Lipinski definition) is 4. The molecule has 0 aromatic heterocycles. The van der Waals surface area contributed by atoms with Gasteiger partial charge < -0.3 is 40.3 Å². The summed E-state index contributed by atoms with van der Waals surface area (Å²) < 4.78 is 0. The smallest absolute Gasteiger partial charge is 0.146 e. The summed E-state index contributed by atoms with van der Waals surface area (Å²) in [4.78, 5) is 10.9. The Kier molecular flexibility index (Phi) is 26.1. The molecule has 0 saturated carbocycles. The summed E-state index contributed by atoms with van der Waals surface area (Å²) in [6, 6.07) is 0.0570. The third kappa shape index (κ3) is 12.0. The highest BCUT2D eigenvalue weighted by Gasteiger charge is 2.09. The number of carbonyl (C=O) groups excluding carboxylic acids is 1. The number of rotatable bonds is 6. The molecule has 1 atom stereocenters.